The lowest BCUT2D eigenvalue weighted by molar-refractivity contribution is 0.0507. The summed E-state index contributed by atoms with van der Waals surface area (Å²) in [5.41, 5.74) is 10.8. The summed E-state index contributed by atoms with van der Waals surface area (Å²) in [6.07, 6.45) is 0.797. The molecule has 0 fully saturated rings. The topological polar surface area (TPSA) is 126 Å². The fourth-order valence-electron chi connectivity index (χ4n) is 3.47. The van der Waals surface area contributed by atoms with Crippen molar-refractivity contribution in [2.24, 2.45) is 5.73 Å². The molecular weight excluding hydrogens is 428 g/mol. The second kappa shape index (κ2) is 10.4. The summed E-state index contributed by atoms with van der Waals surface area (Å²) in [6, 6.07) is 14.9. The van der Waals surface area contributed by atoms with Crippen LogP contribution >= 0.6 is 0 Å². The Balaban J connectivity index is 1.95. The molecule has 1 aromatic carbocycles. The Kier molecular flexibility index (Phi) is 7.63. The van der Waals surface area contributed by atoms with Gasteiger partial charge in [-0.05, 0) is 76.6 Å². The number of rotatable bonds is 7. The third-order valence-corrected chi connectivity index (χ3v) is 5.02. The van der Waals surface area contributed by atoms with Crippen LogP contribution in [-0.2, 0) is 11.3 Å². The number of hydrogen-bond acceptors (Lipinski definition) is 7. The molecule has 1 amide bonds. The van der Waals surface area contributed by atoms with Gasteiger partial charge in [-0.15, -0.1) is 0 Å². The van der Waals surface area contributed by atoms with E-state index in [0.29, 0.717) is 17.1 Å². The Bertz CT molecular complexity index is 1190. The second-order valence-electron chi connectivity index (χ2n) is 9.05. The van der Waals surface area contributed by atoms with Crippen LogP contribution in [0.5, 0.6) is 0 Å². The highest BCUT2D eigenvalue weighted by Crippen LogP contribution is 2.30. The number of amides is 1. The minimum atomic E-state index is -0.579. The van der Waals surface area contributed by atoms with Crippen LogP contribution in [0.2, 0.25) is 0 Å². The zero-order chi connectivity index (χ0) is 24.9. The maximum atomic E-state index is 12.2. The number of aromatic nitrogens is 2. The third-order valence-electron chi connectivity index (χ3n) is 5.02. The first kappa shape index (κ1) is 24.9. The number of nitrogens with one attached hydrogen (secondary N) is 3. The van der Waals surface area contributed by atoms with Gasteiger partial charge in [-0.3, -0.25) is 4.98 Å². The fourth-order valence-corrected chi connectivity index (χ4v) is 3.47. The minimum absolute atomic E-state index is 0.269. The quantitative estimate of drug-likeness (QED) is 0.357. The minimum Gasteiger partial charge on any atom is -0.444 e. The van der Waals surface area contributed by atoms with Crippen molar-refractivity contribution in [1.29, 1.82) is 5.41 Å². The molecule has 8 heteroatoms. The van der Waals surface area contributed by atoms with Crippen LogP contribution in [0, 0.1) is 12.3 Å². The zero-order valence-corrected chi connectivity index (χ0v) is 20.3. The number of hydrogen-bond donors (Lipinski definition) is 4. The summed E-state index contributed by atoms with van der Waals surface area (Å²) in [4.78, 5) is 21.5. The van der Waals surface area contributed by atoms with E-state index in [-0.39, 0.29) is 12.6 Å². The second-order valence-corrected chi connectivity index (χ2v) is 9.05. The van der Waals surface area contributed by atoms with Crippen LogP contribution in [0.15, 0.2) is 48.5 Å². The summed E-state index contributed by atoms with van der Waals surface area (Å²) >= 11 is 0. The number of pyridine rings is 2. The number of ether oxygens (including phenoxy) is 1. The smallest absolute Gasteiger partial charge is 0.408 e. The highest BCUT2D eigenvalue weighted by atomic mass is 16.6. The van der Waals surface area contributed by atoms with Crippen molar-refractivity contribution in [2.75, 3.05) is 5.32 Å². The molecule has 3 aromatic rings. The van der Waals surface area contributed by atoms with Gasteiger partial charge in [0.15, 0.2) is 0 Å². The van der Waals surface area contributed by atoms with Crippen LogP contribution in [0.1, 0.15) is 56.3 Å². The van der Waals surface area contributed by atoms with E-state index in [9.17, 15) is 4.79 Å². The molecular formula is C26H32N6O2. The van der Waals surface area contributed by atoms with Gasteiger partial charge in [0.2, 0.25) is 0 Å². The predicted octanol–water partition coefficient (Wildman–Crippen LogP) is 5.24. The van der Waals surface area contributed by atoms with E-state index in [1.54, 1.807) is 0 Å². The van der Waals surface area contributed by atoms with Crippen LogP contribution in [-0.4, -0.2) is 27.9 Å². The summed E-state index contributed by atoms with van der Waals surface area (Å²) in [5, 5.41) is 14.1. The van der Waals surface area contributed by atoms with Crippen molar-refractivity contribution >= 4 is 23.8 Å². The average molecular weight is 461 g/mol. The molecule has 0 saturated carbocycles. The highest BCUT2D eigenvalue weighted by Gasteiger charge is 2.19. The number of nitrogens with zero attached hydrogens (tertiary/aromatic N) is 2. The first-order valence-corrected chi connectivity index (χ1v) is 11.1. The van der Waals surface area contributed by atoms with E-state index in [2.05, 4.69) is 15.6 Å². The van der Waals surface area contributed by atoms with Gasteiger partial charge in [0.05, 0.1) is 17.4 Å². The highest BCUT2D eigenvalue weighted by molar-refractivity contribution is 5.91. The Morgan fingerprint density at radius 1 is 1.18 bits per heavy atom. The predicted molar refractivity (Wildman–Crippen MR) is 135 cm³/mol. The molecule has 0 saturated heterocycles. The van der Waals surface area contributed by atoms with Crippen LogP contribution < -0.4 is 16.4 Å². The van der Waals surface area contributed by atoms with Gasteiger partial charge in [-0.1, -0.05) is 12.1 Å². The third kappa shape index (κ3) is 6.39. The van der Waals surface area contributed by atoms with E-state index in [0.717, 1.165) is 28.2 Å². The van der Waals surface area contributed by atoms with Crippen molar-refractivity contribution in [3.05, 3.63) is 71.0 Å². The molecule has 2 aromatic heterocycles. The van der Waals surface area contributed by atoms with Crippen molar-refractivity contribution < 1.29 is 9.53 Å². The summed E-state index contributed by atoms with van der Waals surface area (Å²) in [6.45, 7) is 9.51. The largest absolute Gasteiger partial charge is 0.444 e. The maximum absolute atomic E-state index is 12.2. The maximum Gasteiger partial charge on any atom is 0.408 e. The Morgan fingerprint density at radius 3 is 2.56 bits per heavy atom. The van der Waals surface area contributed by atoms with Crippen LogP contribution in [0.4, 0.5) is 16.3 Å². The number of carbonyl (C=O) groups is 1. The molecule has 0 bridgehead atoms. The summed E-state index contributed by atoms with van der Waals surface area (Å²) in [7, 11) is 0. The summed E-state index contributed by atoms with van der Waals surface area (Å²) < 4.78 is 5.35. The monoisotopic (exact) mass is 460 g/mol. The molecule has 0 aliphatic rings. The van der Waals surface area contributed by atoms with E-state index >= 15 is 0 Å². The van der Waals surface area contributed by atoms with Gasteiger partial charge in [0.25, 0.3) is 0 Å². The molecule has 34 heavy (non-hydrogen) atoms. The van der Waals surface area contributed by atoms with E-state index in [4.69, 9.17) is 20.9 Å². The molecule has 178 valence electrons. The Morgan fingerprint density at radius 2 is 1.91 bits per heavy atom. The molecule has 0 radical (unpaired) electrons. The zero-order valence-electron chi connectivity index (χ0n) is 20.3. The van der Waals surface area contributed by atoms with Gasteiger partial charge >= 0.3 is 6.09 Å². The van der Waals surface area contributed by atoms with Gasteiger partial charge in [-0.2, -0.15) is 0 Å². The molecule has 0 aliphatic carbocycles. The molecule has 1 unspecified atom stereocenters. The molecule has 5 N–H and O–H groups in total. The molecule has 1 atom stereocenters. The normalized spacial score (nSPS) is 12.1. The Labute approximate surface area is 200 Å². The first-order chi connectivity index (χ1) is 16.1. The number of nitrogens with two attached hydrogens (primary N) is 1. The lowest BCUT2D eigenvalue weighted by Crippen LogP contribution is -2.34. The lowest BCUT2D eigenvalue weighted by atomic mass is 9.99. The molecule has 3 rings (SSSR count). The van der Waals surface area contributed by atoms with Gasteiger partial charge in [0, 0.05) is 35.3 Å². The van der Waals surface area contributed by atoms with E-state index < -0.39 is 11.7 Å². The lowest BCUT2D eigenvalue weighted by Gasteiger charge is -2.22. The van der Waals surface area contributed by atoms with Crippen molar-refractivity contribution in [3.63, 3.8) is 0 Å². The number of alkyl carbamates (subject to hydrolysis) is 1. The Hall–Kier alpha value is -3.78. The molecule has 0 spiro atoms. The van der Waals surface area contributed by atoms with Crippen LogP contribution in [0.25, 0.3) is 11.3 Å². The number of carbonyl (C=O) groups excluding carboxylic acids is 1. The SMILES string of the molecule is Cc1cccc(Nc2cc(-c3cccc(C(C)NC(=O)OC(C)(C)C)n3)cc(CN)c2C=N)n1. The fraction of sp³-hybridized carbons (Fsp3) is 0.308. The summed E-state index contributed by atoms with van der Waals surface area (Å²) in [5.74, 6) is 0.681. The van der Waals surface area contributed by atoms with Crippen molar-refractivity contribution in [2.45, 2.75) is 52.8 Å². The van der Waals surface area contributed by atoms with Gasteiger partial charge in [0.1, 0.15) is 11.4 Å². The average Bonchev–Trinajstić information content (AvgIpc) is 2.77. The number of aryl methyl sites for hydroxylation is 1. The van der Waals surface area contributed by atoms with E-state index in [1.807, 2.05) is 83.1 Å². The standard InChI is InChI=1S/C26H32N6O2/c1-16-8-6-11-24(29-16)32-23-13-18(12-19(14-27)20(23)15-28)22-10-7-9-21(31-22)17(2)30-25(33)34-26(3,4)5/h6-13,15,17,28H,14,27H2,1-5H3,(H,29,32)(H,30,33). The van der Waals surface area contributed by atoms with Crippen molar-refractivity contribution in [1.82, 2.24) is 15.3 Å². The number of anilines is 2. The molecule has 8 nitrogen and oxygen atoms in total. The van der Waals surface area contributed by atoms with Gasteiger partial charge < -0.3 is 26.5 Å². The number of benzene rings is 1. The molecule has 2 heterocycles. The van der Waals surface area contributed by atoms with Crippen LogP contribution in [0.3, 0.4) is 0 Å². The first-order valence-electron chi connectivity index (χ1n) is 11.1. The molecule has 0 aliphatic heterocycles. The van der Waals surface area contributed by atoms with Crippen molar-refractivity contribution in [3.8, 4) is 11.3 Å². The van der Waals surface area contributed by atoms with E-state index in [1.165, 1.54) is 6.21 Å². The van der Waals surface area contributed by atoms with Gasteiger partial charge in [-0.25, -0.2) is 9.78 Å².